The fourth-order valence-electron chi connectivity index (χ4n) is 3.64. The minimum absolute atomic E-state index is 0. The van der Waals surface area contributed by atoms with Crippen molar-refractivity contribution in [2.75, 3.05) is 66.1 Å². The average molecular weight is 467 g/mol. The Morgan fingerprint density at radius 3 is 2.56 bits per heavy atom. The van der Waals surface area contributed by atoms with Crippen molar-refractivity contribution in [3.63, 3.8) is 0 Å². The molecule has 148 valence electrons. The first kappa shape index (κ1) is 22.9. The van der Waals surface area contributed by atoms with Crippen LogP contribution < -0.4 is 10.6 Å². The zero-order valence-corrected chi connectivity index (χ0v) is 18.8. The molecule has 0 bridgehead atoms. The summed E-state index contributed by atoms with van der Waals surface area (Å²) in [6, 6.07) is 0. The van der Waals surface area contributed by atoms with E-state index in [1.165, 1.54) is 32.5 Å². The third-order valence-electron chi connectivity index (χ3n) is 5.25. The van der Waals surface area contributed by atoms with Gasteiger partial charge in [0.25, 0.3) is 0 Å². The van der Waals surface area contributed by atoms with Crippen molar-refractivity contribution >= 4 is 29.9 Å². The number of guanidine groups is 1. The number of rotatable bonds is 7. The summed E-state index contributed by atoms with van der Waals surface area (Å²) in [5, 5.41) is 7.03. The molecule has 0 aromatic rings. The third kappa shape index (κ3) is 7.56. The van der Waals surface area contributed by atoms with Crippen molar-refractivity contribution in [3.8, 4) is 0 Å². The van der Waals surface area contributed by atoms with E-state index in [4.69, 9.17) is 4.74 Å². The van der Waals surface area contributed by atoms with Crippen LogP contribution in [0.15, 0.2) is 4.99 Å². The summed E-state index contributed by atoms with van der Waals surface area (Å²) < 4.78 is 5.46. The number of halogens is 1. The van der Waals surface area contributed by atoms with Crippen molar-refractivity contribution in [2.24, 2.45) is 10.9 Å². The molecule has 2 heterocycles. The molecule has 1 atom stereocenters. The minimum Gasteiger partial charge on any atom is -0.379 e. The molecule has 25 heavy (non-hydrogen) atoms. The number of hydrogen-bond acceptors (Lipinski definition) is 4. The van der Waals surface area contributed by atoms with E-state index in [1.807, 2.05) is 7.05 Å². The molecule has 0 spiro atoms. The average Bonchev–Trinajstić information content (AvgIpc) is 3.04. The molecule has 0 aliphatic carbocycles. The van der Waals surface area contributed by atoms with Crippen LogP contribution in [0.5, 0.6) is 0 Å². The molecule has 2 saturated heterocycles. The quantitative estimate of drug-likeness (QED) is 0.339. The van der Waals surface area contributed by atoms with E-state index in [0.717, 1.165) is 51.3 Å². The van der Waals surface area contributed by atoms with Crippen LogP contribution in [0.25, 0.3) is 0 Å². The fourth-order valence-corrected chi connectivity index (χ4v) is 3.64. The summed E-state index contributed by atoms with van der Waals surface area (Å²) in [5.41, 5.74) is 0.104. The zero-order valence-electron chi connectivity index (χ0n) is 16.5. The second-order valence-corrected chi connectivity index (χ2v) is 7.67. The summed E-state index contributed by atoms with van der Waals surface area (Å²) in [4.78, 5) is 9.46. The van der Waals surface area contributed by atoms with Crippen molar-refractivity contribution in [1.29, 1.82) is 0 Å². The maximum absolute atomic E-state index is 5.46. The van der Waals surface area contributed by atoms with Crippen molar-refractivity contribution in [1.82, 2.24) is 20.4 Å². The lowest BCUT2D eigenvalue weighted by Gasteiger charge is -2.41. The molecule has 2 N–H and O–H groups in total. The summed E-state index contributed by atoms with van der Waals surface area (Å²) in [5.74, 6) is 1.66. The van der Waals surface area contributed by atoms with Gasteiger partial charge in [-0.25, -0.2) is 0 Å². The Hall–Kier alpha value is -0.120. The first-order chi connectivity index (χ1) is 11.5. The van der Waals surface area contributed by atoms with Crippen LogP contribution in [0.4, 0.5) is 0 Å². The molecule has 0 radical (unpaired) electrons. The van der Waals surface area contributed by atoms with E-state index in [9.17, 15) is 0 Å². The van der Waals surface area contributed by atoms with Crippen LogP contribution in [0.3, 0.4) is 0 Å². The lowest BCUT2D eigenvalue weighted by molar-refractivity contribution is -0.00834. The number of nitrogens with one attached hydrogen (secondary N) is 2. The second kappa shape index (κ2) is 11.6. The highest BCUT2D eigenvalue weighted by Crippen LogP contribution is 2.16. The number of morpholine rings is 1. The van der Waals surface area contributed by atoms with Gasteiger partial charge in [0.05, 0.1) is 13.2 Å². The summed E-state index contributed by atoms with van der Waals surface area (Å²) in [6.45, 7) is 16.1. The number of aliphatic imine (C=N–C) groups is 1. The van der Waals surface area contributed by atoms with E-state index < -0.39 is 0 Å². The Labute approximate surface area is 171 Å². The highest BCUT2D eigenvalue weighted by molar-refractivity contribution is 14.0. The zero-order chi connectivity index (χ0) is 17.4. The molecule has 0 amide bonds. The largest absolute Gasteiger partial charge is 0.379 e. The van der Waals surface area contributed by atoms with Gasteiger partial charge in [-0.15, -0.1) is 24.0 Å². The molecule has 7 heteroatoms. The van der Waals surface area contributed by atoms with Crippen LogP contribution in [0.2, 0.25) is 0 Å². The van der Waals surface area contributed by atoms with Gasteiger partial charge in [0.1, 0.15) is 0 Å². The summed E-state index contributed by atoms with van der Waals surface area (Å²) in [7, 11) is 1.86. The van der Waals surface area contributed by atoms with E-state index >= 15 is 0 Å². The monoisotopic (exact) mass is 467 g/mol. The van der Waals surface area contributed by atoms with Crippen molar-refractivity contribution in [3.05, 3.63) is 0 Å². The molecule has 0 saturated carbocycles. The Morgan fingerprint density at radius 2 is 1.92 bits per heavy atom. The van der Waals surface area contributed by atoms with E-state index in [1.54, 1.807) is 0 Å². The lowest BCUT2D eigenvalue weighted by atomic mass is 10.0. The number of ether oxygens (including phenoxy) is 1. The van der Waals surface area contributed by atoms with Gasteiger partial charge >= 0.3 is 0 Å². The van der Waals surface area contributed by atoms with E-state index in [0.29, 0.717) is 0 Å². The van der Waals surface area contributed by atoms with Crippen LogP contribution in [-0.2, 0) is 4.74 Å². The standard InChI is InChI=1S/C18H37N5O.HI/c1-5-7-22-8-6-16(14-22)13-20-17(19-4)21-15-18(2,3)23-9-11-24-12-10-23;/h16H,5-15H2,1-4H3,(H2,19,20,21);1H. The highest BCUT2D eigenvalue weighted by atomic mass is 127. The highest BCUT2D eigenvalue weighted by Gasteiger charge is 2.28. The molecule has 6 nitrogen and oxygen atoms in total. The normalized spacial score (nSPS) is 23.4. The molecule has 2 aliphatic rings. The van der Waals surface area contributed by atoms with Crippen LogP contribution in [0, 0.1) is 5.92 Å². The molecule has 0 aromatic heterocycles. The Balaban J connectivity index is 0.00000312. The number of likely N-dealkylation sites (tertiary alicyclic amines) is 1. The van der Waals surface area contributed by atoms with Gasteiger partial charge in [-0.2, -0.15) is 0 Å². The first-order valence-corrected chi connectivity index (χ1v) is 9.55. The Morgan fingerprint density at radius 1 is 1.20 bits per heavy atom. The summed E-state index contributed by atoms with van der Waals surface area (Å²) >= 11 is 0. The molecule has 0 aromatic carbocycles. The molecule has 2 rings (SSSR count). The van der Waals surface area contributed by atoms with Crippen molar-refractivity contribution < 1.29 is 4.74 Å². The number of nitrogens with zero attached hydrogens (tertiary/aromatic N) is 3. The predicted octanol–water partition coefficient (Wildman–Crippen LogP) is 1.61. The Kier molecular flexibility index (Phi) is 10.6. The first-order valence-electron chi connectivity index (χ1n) is 9.55. The van der Waals surface area contributed by atoms with Crippen LogP contribution in [-0.4, -0.2) is 87.4 Å². The van der Waals surface area contributed by atoms with Crippen LogP contribution in [0.1, 0.15) is 33.6 Å². The molecule has 2 fully saturated rings. The van der Waals surface area contributed by atoms with Gasteiger partial charge in [-0.3, -0.25) is 9.89 Å². The smallest absolute Gasteiger partial charge is 0.191 e. The van der Waals surface area contributed by atoms with E-state index in [2.05, 4.69) is 46.2 Å². The van der Waals surface area contributed by atoms with Gasteiger partial charge in [0.2, 0.25) is 0 Å². The van der Waals surface area contributed by atoms with Gasteiger partial charge in [0.15, 0.2) is 5.96 Å². The van der Waals surface area contributed by atoms with Crippen LogP contribution >= 0.6 is 24.0 Å². The SMILES string of the molecule is CCCN1CCC(CNC(=NC)NCC(C)(C)N2CCOCC2)C1.I. The fraction of sp³-hybridized carbons (Fsp3) is 0.944. The maximum atomic E-state index is 5.46. The topological polar surface area (TPSA) is 52.1 Å². The van der Waals surface area contributed by atoms with Gasteiger partial charge in [-0.1, -0.05) is 6.92 Å². The van der Waals surface area contributed by atoms with E-state index in [-0.39, 0.29) is 29.5 Å². The number of hydrogen-bond donors (Lipinski definition) is 2. The molecule has 1 unspecified atom stereocenters. The Bertz CT molecular complexity index is 399. The minimum atomic E-state index is 0. The summed E-state index contributed by atoms with van der Waals surface area (Å²) in [6.07, 6.45) is 2.54. The lowest BCUT2D eigenvalue weighted by Crippen LogP contribution is -2.56. The maximum Gasteiger partial charge on any atom is 0.191 e. The molecular weight excluding hydrogens is 429 g/mol. The van der Waals surface area contributed by atoms with Gasteiger partial charge < -0.3 is 20.3 Å². The van der Waals surface area contributed by atoms with Gasteiger partial charge in [0, 0.05) is 45.3 Å². The second-order valence-electron chi connectivity index (χ2n) is 7.67. The van der Waals surface area contributed by atoms with Crippen molar-refractivity contribution in [2.45, 2.75) is 39.2 Å². The predicted molar refractivity (Wildman–Crippen MR) is 116 cm³/mol. The third-order valence-corrected chi connectivity index (χ3v) is 5.25. The van der Waals surface area contributed by atoms with Gasteiger partial charge in [-0.05, 0) is 45.7 Å². The molecular formula is C18H38IN5O. The molecule has 2 aliphatic heterocycles.